The zero-order chi connectivity index (χ0) is 11.6. The van der Waals surface area contributed by atoms with Gasteiger partial charge in [0, 0.05) is 19.3 Å². The van der Waals surface area contributed by atoms with Gasteiger partial charge in [-0.25, -0.2) is 0 Å². The van der Waals surface area contributed by atoms with Crippen LogP contribution in [0.4, 0.5) is 0 Å². The maximum atomic E-state index is 5.46. The van der Waals surface area contributed by atoms with E-state index >= 15 is 0 Å². The molecule has 1 N–H and O–H groups in total. The summed E-state index contributed by atoms with van der Waals surface area (Å²) in [4.78, 5) is 0. The Morgan fingerprint density at radius 3 is 2.56 bits per heavy atom. The average Bonchev–Trinajstić information content (AvgIpc) is 2.31. The maximum absolute atomic E-state index is 5.46. The van der Waals surface area contributed by atoms with E-state index in [0.29, 0.717) is 6.04 Å². The lowest BCUT2D eigenvalue weighted by Crippen LogP contribution is -2.32. The van der Waals surface area contributed by atoms with Gasteiger partial charge in [0.1, 0.15) is 0 Å². The lowest BCUT2D eigenvalue weighted by molar-refractivity contribution is 0.131. The molecule has 1 unspecified atom stereocenters. The fourth-order valence-corrected chi connectivity index (χ4v) is 2.79. The standard InChI is InChI=1S/C14H29NO/c1-3-15-14(10-11-16-4-2)12-13-8-6-5-7-9-13/h13-15H,3-12H2,1-2H3. The molecule has 0 bridgehead atoms. The summed E-state index contributed by atoms with van der Waals surface area (Å²) in [5.74, 6) is 0.972. The summed E-state index contributed by atoms with van der Waals surface area (Å²) in [6.45, 7) is 7.13. The van der Waals surface area contributed by atoms with E-state index in [1.807, 2.05) is 0 Å². The van der Waals surface area contributed by atoms with E-state index in [4.69, 9.17) is 4.74 Å². The van der Waals surface area contributed by atoms with Gasteiger partial charge in [-0.1, -0.05) is 39.0 Å². The Bertz CT molecular complexity index is 155. The van der Waals surface area contributed by atoms with Crippen molar-refractivity contribution in [3.05, 3.63) is 0 Å². The lowest BCUT2D eigenvalue weighted by Gasteiger charge is -2.27. The van der Waals surface area contributed by atoms with Crippen LogP contribution in [0.5, 0.6) is 0 Å². The van der Waals surface area contributed by atoms with Gasteiger partial charge in [0.05, 0.1) is 0 Å². The van der Waals surface area contributed by atoms with Crippen LogP contribution in [-0.2, 0) is 4.74 Å². The smallest absolute Gasteiger partial charge is 0.0480 e. The topological polar surface area (TPSA) is 21.3 Å². The molecule has 1 rings (SSSR count). The molecule has 2 heteroatoms. The van der Waals surface area contributed by atoms with Crippen molar-refractivity contribution in [1.29, 1.82) is 0 Å². The Hall–Kier alpha value is -0.0800. The SMILES string of the molecule is CCNC(CCOCC)CC1CCCCC1. The molecule has 0 amide bonds. The predicted octanol–water partition coefficient (Wildman–Crippen LogP) is 3.36. The Labute approximate surface area is 101 Å². The van der Waals surface area contributed by atoms with Crippen molar-refractivity contribution in [2.45, 2.75) is 64.8 Å². The van der Waals surface area contributed by atoms with Crippen LogP contribution in [0.3, 0.4) is 0 Å². The van der Waals surface area contributed by atoms with Crippen molar-refractivity contribution in [3.8, 4) is 0 Å². The second kappa shape index (κ2) is 9.00. The fourth-order valence-electron chi connectivity index (χ4n) is 2.79. The average molecular weight is 227 g/mol. The highest BCUT2D eigenvalue weighted by Crippen LogP contribution is 2.27. The molecule has 0 radical (unpaired) electrons. The predicted molar refractivity (Wildman–Crippen MR) is 69.8 cm³/mol. The van der Waals surface area contributed by atoms with Gasteiger partial charge in [-0.2, -0.15) is 0 Å². The molecule has 0 aromatic rings. The van der Waals surface area contributed by atoms with E-state index in [9.17, 15) is 0 Å². The lowest BCUT2D eigenvalue weighted by atomic mass is 9.84. The number of ether oxygens (including phenoxy) is 1. The second-order valence-electron chi connectivity index (χ2n) is 4.98. The zero-order valence-corrected chi connectivity index (χ0v) is 11.1. The Kier molecular flexibility index (Phi) is 7.87. The quantitative estimate of drug-likeness (QED) is 0.642. The molecule has 0 saturated heterocycles. The van der Waals surface area contributed by atoms with Crippen LogP contribution in [0.1, 0.15) is 58.8 Å². The molecule has 0 aromatic carbocycles. The van der Waals surface area contributed by atoms with Gasteiger partial charge in [0.25, 0.3) is 0 Å². The largest absolute Gasteiger partial charge is 0.382 e. The van der Waals surface area contributed by atoms with Crippen LogP contribution >= 0.6 is 0 Å². The van der Waals surface area contributed by atoms with Crippen molar-refractivity contribution in [2.24, 2.45) is 5.92 Å². The summed E-state index contributed by atoms with van der Waals surface area (Å²) < 4.78 is 5.46. The second-order valence-corrected chi connectivity index (χ2v) is 4.98. The summed E-state index contributed by atoms with van der Waals surface area (Å²) in [5.41, 5.74) is 0. The van der Waals surface area contributed by atoms with Crippen molar-refractivity contribution in [2.75, 3.05) is 19.8 Å². The van der Waals surface area contributed by atoms with Gasteiger partial charge >= 0.3 is 0 Å². The molecule has 1 saturated carbocycles. The summed E-state index contributed by atoms with van der Waals surface area (Å²) in [6, 6.07) is 0.680. The molecule has 0 aromatic heterocycles. The summed E-state index contributed by atoms with van der Waals surface area (Å²) in [6.07, 6.45) is 9.82. The van der Waals surface area contributed by atoms with Gasteiger partial charge < -0.3 is 10.1 Å². The van der Waals surface area contributed by atoms with Crippen LogP contribution in [0.2, 0.25) is 0 Å². The first-order chi connectivity index (χ1) is 7.86. The van der Waals surface area contributed by atoms with Gasteiger partial charge in [0.15, 0.2) is 0 Å². The van der Waals surface area contributed by atoms with Crippen LogP contribution in [0.15, 0.2) is 0 Å². The number of hydrogen-bond acceptors (Lipinski definition) is 2. The molecule has 2 nitrogen and oxygen atoms in total. The van der Waals surface area contributed by atoms with E-state index in [2.05, 4.69) is 19.2 Å². The minimum Gasteiger partial charge on any atom is -0.382 e. The first-order valence-electron chi connectivity index (χ1n) is 7.18. The molecule has 1 atom stereocenters. The first kappa shape index (κ1) is 14.0. The Balaban J connectivity index is 2.19. The van der Waals surface area contributed by atoms with Crippen molar-refractivity contribution < 1.29 is 4.74 Å². The minimum atomic E-state index is 0.680. The maximum Gasteiger partial charge on any atom is 0.0480 e. The minimum absolute atomic E-state index is 0.680. The van der Waals surface area contributed by atoms with E-state index in [-0.39, 0.29) is 0 Å². The molecular formula is C14H29NO. The number of nitrogens with one attached hydrogen (secondary N) is 1. The molecule has 16 heavy (non-hydrogen) atoms. The van der Waals surface area contributed by atoms with Crippen molar-refractivity contribution >= 4 is 0 Å². The first-order valence-corrected chi connectivity index (χ1v) is 7.18. The third-order valence-electron chi connectivity index (χ3n) is 3.65. The van der Waals surface area contributed by atoms with Crippen molar-refractivity contribution in [3.63, 3.8) is 0 Å². The molecule has 0 spiro atoms. The summed E-state index contributed by atoms with van der Waals surface area (Å²) in [5, 5.41) is 3.61. The highest BCUT2D eigenvalue weighted by atomic mass is 16.5. The molecule has 0 aliphatic heterocycles. The van der Waals surface area contributed by atoms with Crippen molar-refractivity contribution in [1.82, 2.24) is 5.32 Å². The van der Waals surface area contributed by atoms with E-state index in [0.717, 1.165) is 25.7 Å². The van der Waals surface area contributed by atoms with Gasteiger partial charge in [-0.05, 0) is 32.2 Å². The van der Waals surface area contributed by atoms with Gasteiger partial charge in [-0.15, -0.1) is 0 Å². The number of hydrogen-bond donors (Lipinski definition) is 1. The third-order valence-corrected chi connectivity index (χ3v) is 3.65. The van der Waals surface area contributed by atoms with E-state index in [1.165, 1.54) is 44.9 Å². The molecule has 1 fully saturated rings. The normalized spacial score (nSPS) is 19.9. The Morgan fingerprint density at radius 1 is 1.19 bits per heavy atom. The zero-order valence-electron chi connectivity index (χ0n) is 11.1. The fraction of sp³-hybridized carbons (Fsp3) is 1.00. The Morgan fingerprint density at radius 2 is 1.94 bits per heavy atom. The van der Waals surface area contributed by atoms with Crippen LogP contribution in [0.25, 0.3) is 0 Å². The van der Waals surface area contributed by atoms with Crippen LogP contribution in [0, 0.1) is 5.92 Å². The number of rotatable bonds is 8. The van der Waals surface area contributed by atoms with E-state index in [1.54, 1.807) is 0 Å². The molecule has 1 aliphatic rings. The molecular weight excluding hydrogens is 198 g/mol. The monoisotopic (exact) mass is 227 g/mol. The highest BCUT2D eigenvalue weighted by Gasteiger charge is 2.18. The summed E-state index contributed by atoms with van der Waals surface area (Å²) in [7, 11) is 0. The highest BCUT2D eigenvalue weighted by molar-refractivity contribution is 4.74. The van der Waals surface area contributed by atoms with Crippen LogP contribution < -0.4 is 5.32 Å². The van der Waals surface area contributed by atoms with Gasteiger partial charge in [-0.3, -0.25) is 0 Å². The molecule has 0 heterocycles. The van der Waals surface area contributed by atoms with E-state index < -0.39 is 0 Å². The van der Waals surface area contributed by atoms with Gasteiger partial charge in [0.2, 0.25) is 0 Å². The molecule has 96 valence electrons. The van der Waals surface area contributed by atoms with Crippen LogP contribution in [-0.4, -0.2) is 25.8 Å². The molecule has 1 aliphatic carbocycles. The third kappa shape index (κ3) is 5.86. The summed E-state index contributed by atoms with van der Waals surface area (Å²) >= 11 is 0.